The third kappa shape index (κ3) is 4.15. The number of fused-ring (bicyclic) bond motifs is 2. The average Bonchev–Trinajstić information content (AvgIpc) is 3.21. The maximum atomic E-state index is 13.5. The lowest BCUT2D eigenvalue weighted by Gasteiger charge is -2.19. The number of anilines is 1. The van der Waals surface area contributed by atoms with Gasteiger partial charge in [-0.2, -0.15) is 5.10 Å². The van der Waals surface area contributed by atoms with Crippen LogP contribution < -0.4 is 10.7 Å². The number of nitrogens with zero attached hydrogens (tertiary/aromatic N) is 3. The Labute approximate surface area is 214 Å². The summed E-state index contributed by atoms with van der Waals surface area (Å²) in [5.74, 6) is -0.651. The average molecular weight is 547 g/mol. The van der Waals surface area contributed by atoms with Crippen LogP contribution in [0.15, 0.2) is 62.5 Å². The maximum Gasteiger partial charge on any atom is 0.356 e. The van der Waals surface area contributed by atoms with Crippen LogP contribution in [-0.4, -0.2) is 25.8 Å². The number of benzene rings is 2. The number of hydrogen-bond acceptors (Lipinski definition) is 6. The summed E-state index contributed by atoms with van der Waals surface area (Å²) in [4.78, 5) is 29.3. The van der Waals surface area contributed by atoms with E-state index in [9.17, 15) is 14.7 Å². The molecular weight excluding hydrogens is 524 g/mol. The molecular formula is C27H23BrN4O4. The van der Waals surface area contributed by atoms with Crippen LogP contribution in [-0.2, 0) is 7.05 Å². The van der Waals surface area contributed by atoms with Gasteiger partial charge in [0.2, 0.25) is 0 Å². The first-order valence-corrected chi connectivity index (χ1v) is 12.1. The molecule has 182 valence electrons. The third-order valence-corrected chi connectivity index (χ3v) is 6.62. The predicted molar refractivity (Wildman–Crippen MR) is 143 cm³/mol. The summed E-state index contributed by atoms with van der Waals surface area (Å²) >= 11 is 3.22. The number of aromatic carboxylic acids is 1. The number of halogens is 1. The molecule has 5 aromatic rings. The van der Waals surface area contributed by atoms with Gasteiger partial charge in [-0.05, 0) is 78.7 Å². The van der Waals surface area contributed by atoms with Crippen molar-refractivity contribution < 1.29 is 14.3 Å². The number of nitrogens with one attached hydrogen (secondary N) is 1. The summed E-state index contributed by atoms with van der Waals surface area (Å²) in [6.45, 7) is 5.58. The molecule has 3 heterocycles. The summed E-state index contributed by atoms with van der Waals surface area (Å²) in [5.41, 5.74) is 4.41. The Morgan fingerprint density at radius 2 is 1.94 bits per heavy atom. The second-order valence-corrected chi connectivity index (χ2v) is 9.71. The van der Waals surface area contributed by atoms with Gasteiger partial charge in [0.25, 0.3) is 0 Å². The van der Waals surface area contributed by atoms with Crippen molar-refractivity contribution in [1.29, 1.82) is 0 Å². The molecule has 0 amide bonds. The van der Waals surface area contributed by atoms with Crippen LogP contribution >= 0.6 is 15.9 Å². The van der Waals surface area contributed by atoms with E-state index in [1.807, 2.05) is 57.4 Å². The highest BCUT2D eigenvalue weighted by Gasteiger charge is 2.21. The Balaban J connectivity index is 1.67. The predicted octanol–water partition coefficient (Wildman–Crippen LogP) is 5.99. The fraction of sp³-hybridized carbons (Fsp3) is 0.185. The Kier molecular flexibility index (Phi) is 5.88. The Morgan fingerprint density at radius 3 is 2.69 bits per heavy atom. The van der Waals surface area contributed by atoms with Gasteiger partial charge in [0.05, 0.1) is 22.6 Å². The van der Waals surface area contributed by atoms with Crippen LogP contribution in [0, 0.1) is 13.8 Å². The van der Waals surface area contributed by atoms with E-state index in [0.717, 1.165) is 27.6 Å². The molecule has 9 heteroatoms. The Morgan fingerprint density at radius 1 is 1.17 bits per heavy atom. The molecule has 0 fully saturated rings. The number of hydrogen-bond donors (Lipinski definition) is 2. The largest absolute Gasteiger partial charge is 0.476 e. The normalized spacial score (nSPS) is 12.2. The van der Waals surface area contributed by atoms with E-state index in [1.54, 1.807) is 23.7 Å². The minimum atomic E-state index is -1.14. The van der Waals surface area contributed by atoms with Crippen LogP contribution in [0.4, 0.5) is 5.69 Å². The first kappa shape index (κ1) is 23.7. The summed E-state index contributed by atoms with van der Waals surface area (Å²) < 4.78 is 8.62. The number of rotatable bonds is 5. The van der Waals surface area contributed by atoms with Crippen LogP contribution in [0.1, 0.15) is 40.1 Å². The highest BCUT2D eigenvalue weighted by atomic mass is 79.9. The third-order valence-electron chi connectivity index (χ3n) is 6.18. The first-order chi connectivity index (χ1) is 17.1. The standard InChI is InChI=1S/C27H23BrN4O4/c1-13-9-18(15(3)29-21-7-8-22(28)30-23(21)27(34)35)26-19(10-13)24(33)14(2)25(36-26)16-5-6-20-17(11-16)12-32(4)31-20/h5-12,15,29H,1-4H3,(H,34,35)/t15-/m1/s1. The summed E-state index contributed by atoms with van der Waals surface area (Å²) in [6.07, 6.45) is 1.92. The number of carboxylic acid groups (broad SMARTS) is 1. The highest BCUT2D eigenvalue weighted by Crippen LogP contribution is 2.33. The van der Waals surface area contributed by atoms with Crippen molar-refractivity contribution in [3.8, 4) is 11.3 Å². The molecule has 0 aliphatic heterocycles. The first-order valence-electron chi connectivity index (χ1n) is 11.3. The van der Waals surface area contributed by atoms with E-state index in [2.05, 4.69) is 31.3 Å². The van der Waals surface area contributed by atoms with Crippen molar-refractivity contribution in [2.24, 2.45) is 7.05 Å². The Hall–Kier alpha value is -3.98. The molecule has 3 aromatic heterocycles. The molecule has 5 rings (SSSR count). The molecule has 0 bridgehead atoms. The zero-order chi connectivity index (χ0) is 25.7. The molecule has 2 aromatic carbocycles. The smallest absolute Gasteiger partial charge is 0.356 e. The Bertz CT molecular complexity index is 1740. The molecule has 8 nitrogen and oxygen atoms in total. The zero-order valence-corrected chi connectivity index (χ0v) is 21.7. The molecule has 1 atom stereocenters. The number of carboxylic acids is 1. The lowest BCUT2D eigenvalue weighted by Crippen LogP contribution is -2.14. The topological polar surface area (TPSA) is 110 Å². The van der Waals surface area contributed by atoms with Gasteiger partial charge in [-0.25, -0.2) is 9.78 Å². The number of aryl methyl sites for hydroxylation is 2. The van der Waals surface area contributed by atoms with Gasteiger partial charge in [0, 0.05) is 35.3 Å². The van der Waals surface area contributed by atoms with Crippen LogP contribution in [0.5, 0.6) is 0 Å². The molecule has 0 saturated carbocycles. The van der Waals surface area contributed by atoms with Gasteiger partial charge in [0.1, 0.15) is 15.9 Å². The number of carbonyl (C=O) groups is 1. The molecule has 0 saturated heterocycles. The van der Waals surface area contributed by atoms with Crippen molar-refractivity contribution in [2.45, 2.75) is 26.8 Å². The summed E-state index contributed by atoms with van der Waals surface area (Å²) in [6, 6.07) is 12.5. The minimum Gasteiger partial charge on any atom is -0.476 e. The molecule has 0 radical (unpaired) electrons. The van der Waals surface area contributed by atoms with Crippen molar-refractivity contribution >= 4 is 49.5 Å². The minimum absolute atomic E-state index is 0.101. The van der Waals surface area contributed by atoms with Gasteiger partial charge in [0.15, 0.2) is 11.1 Å². The van der Waals surface area contributed by atoms with Gasteiger partial charge >= 0.3 is 5.97 Å². The van der Waals surface area contributed by atoms with E-state index in [1.165, 1.54) is 0 Å². The van der Waals surface area contributed by atoms with Gasteiger partial charge in [-0.1, -0.05) is 6.07 Å². The van der Waals surface area contributed by atoms with E-state index >= 15 is 0 Å². The van der Waals surface area contributed by atoms with E-state index < -0.39 is 5.97 Å². The van der Waals surface area contributed by atoms with E-state index in [4.69, 9.17) is 4.42 Å². The summed E-state index contributed by atoms with van der Waals surface area (Å²) in [7, 11) is 1.86. The SMILES string of the molecule is Cc1cc([C@@H](C)Nc2ccc(Br)nc2C(=O)O)c2oc(-c3ccc4nn(C)cc4c3)c(C)c(=O)c2c1. The fourth-order valence-electron chi connectivity index (χ4n) is 4.48. The molecule has 0 aliphatic carbocycles. The zero-order valence-electron chi connectivity index (χ0n) is 20.1. The lowest BCUT2D eigenvalue weighted by atomic mass is 9.98. The van der Waals surface area contributed by atoms with Crippen molar-refractivity contribution in [3.05, 3.63) is 85.9 Å². The highest BCUT2D eigenvalue weighted by molar-refractivity contribution is 9.10. The second kappa shape index (κ2) is 8.91. The van der Waals surface area contributed by atoms with Crippen molar-refractivity contribution in [2.75, 3.05) is 5.32 Å². The van der Waals surface area contributed by atoms with Crippen LogP contribution in [0.3, 0.4) is 0 Å². The maximum absolute atomic E-state index is 13.5. The number of aromatic nitrogens is 3. The molecule has 2 N–H and O–H groups in total. The van der Waals surface area contributed by atoms with Crippen molar-refractivity contribution in [3.63, 3.8) is 0 Å². The molecule has 36 heavy (non-hydrogen) atoms. The quantitative estimate of drug-likeness (QED) is 0.260. The number of pyridine rings is 1. The molecule has 0 spiro atoms. The van der Waals surface area contributed by atoms with Gasteiger partial charge in [-0.15, -0.1) is 0 Å². The van der Waals surface area contributed by atoms with E-state index in [0.29, 0.717) is 32.6 Å². The monoisotopic (exact) mass is 546 g/mol. The lowest BCUT2D eigenvalue weighted by molar-refractivity contribution is 0.0691. The fourth-order valence-corrected chi connectivity index (χ4v) is 4.79. The van der Waals surface area contributed by atoms with Crippen LogP contribution in [0.2, 0.25) is 0 Å². The van der Waals surface area contributed by atoms with Gasteiger partial charge in [-0.3, -0.25) is 9.48 Å². The molecule has 0 unspecified atom stereocenters. The van der Waals surface area contributed by atoms with Crippen molar-refractivity contribution in [1.82, 2.24) is 14.8 Å². The van der Waals surface area contributed by atoms with Crippen LogP contribution in [0.25, 0.3) is 33.2 Å². The molecule has 0 aliphatic rings. The van der Waals surface area contributed by atoms with Gasteiger partial charge < -0.3 is 14.8 Å². The van der Waals surface area contributed by atoms with E-state index in [-0.39, 0.29) is 17.2 Å². The second-order valence-electron chi connectivity index (χ2n) is 8.89. The summed E-state index contributed by atoms with van der Waals surface area (Å²) in [5, 5.41) is 18.7.